The van der Waals surface area contributed by atoms with Crippen molar-refractivity contribution in [1.29, 1.82) is 0 Å². The van der Waals surface area contributed by atoms with Gasteiger partial charge in [-0.25, -0.2) is 4.39 Å². The molecule has 2 fully saturated rings. The molecule has 1 aromatic heterocycles. The Kier molecular flexibility index (Phi) is 7.34. The predicted molar refractivity (Wildman–Crippen MR) is 134 cm³/mol. The first kappa shape index (κ1) is 23.8. The van der Waals surface area contributed by atoms with E-state index in [9.17, 15) is 9.18 Å². The molecule has 1 saturated heterocycles. The fourth-order valence-corrected chi connectivity index (χ4v) is 5.28. The Morgan fingerprint density at radius 1 is 1.14 bits per heavy atom. The number of hydrogen-bond acceptors (Lipinski definition) is 6. The molecule has 0 N–H and O–H groups in total. The standard InChI is InChI=1S/C26H30FN5O2S/c1-19(21-10-11-21)31(17-20-6-3-2-4-7-20)24(33)18-35-26-29-28-25(30-12-14-34-15-13-30)32(26)23-9-5-8-22(27)16-23/h2-9,16,19,21H,10-15,17-18H2,1H3. The summed E-state index contributed by atoms with van der Waals surface area (Å²) in [6.07, 6.45) is 2.34. The second-order valence-corrected chi connectivity index (χ2v) is 10.0. The molecule has 0 bridgehead atoms. The number of carbonyl (C=O) groups excluding carboxylic acids is 1. The summed E-state index contributed by atoms with van der Waals surface area (Å²) in [6, 6.07) is 16.7. The summed E-state index contributed by atoms with van der Waals surface area (Å²) in [6.45, 7) is 5.30. The number of halogens is 1. The van der Waals surface area contributed by atoms with E-state index in [-0.39, 0.29) is 23.5 Å². The quantitative estimate of drug-likeness (QED) is 0.416. The van der Waals surface area contributed by atoms with Crippen molar-refractivity contribution in [2.24, 2.45) is 5.92 Å². The molecular formula is C26H30FN5O2S. The van der Waals surface area contributed by atoms with E-state index in [1.807, 2.05) is 33.7 Å². The third kappa shape index (κ3) is 5.67. The van der Waals surface area contributed by atoms with Gasteiger partial charge in [0.05, 0.1) is 24.7 Å². The molecule has 2 aromatic carbocycles. The molecule has 1 atom stereocenters. The maximum atomic E-state index is 14.1. The lowest BCUT2D eigenvalue weighted by Gasteiger charge is -2.30. The van der Waals surface area contributed by atoms with Crippen LogP contribution in [0.5, 0.6) is 0 Å². The number of benzene rings is 2. The highest BCUT2D eigenvalue weighted by atomic mass is 32.2. The van der Waals surface area contributed by atoms with Crippen molar-refractivity contribution in [1.82, 2.24) is 19.7 Å². The molecular weight excluding hydrogens is 465 g/mol. The number of amides is 1. The largest absolute Gasteiger partial charge is 0.378 e. The summed E-state index contributed by atoms with van der Waals surface area (Å²) in [7, 11) is 0. The molecule has 1 aliphatic carbocycles. The average Bonchev–Trinajstić information content (AvgIpc) is 3.65. The normalized spacial score (nSPS) is 16.8. The Bertz CT molecular complexity index is 1150. The van der Waals surface area contributed by atoms with Crippen LogP contribution in [0.15, 0.2) is 59.8 Å². The zero-order valence-electron chi connectivity index (χ0n) is 19.8. The minimum absolute atomic E-state index is 0.0694. The molecule has 2 heterocycles. The maximum Gasteiger partial charge on any atom is 0.233 e. The second kappa shape index (κ2) is 10.8. The van der Waals surface area contributed by atoms with Crippen molar-refractivity contribution in [2.75, 3.05) is 37.0 Å². The lowest BCUT2D eigenvalue weighted by molar-refractivity contribution is -0.131. The van der Waals surface area contributed by atoms with E-state index >= 15 is 0 Å². The summed E-state index contributed by atoms with van der Waals surface area (Å²) in [5.41, 5.74) is 1.76. The number of anilines is 1. The van der Waals surface area contributed by atoms with Gasteiger partial charge >= 0.3 is 0 Å². The van der Waals surface area contributed by atoms with Crippen LogP contribution in [-0.2, 0) is 16.1 Å². The molecule has 1 amide bonds. The van der Waals surface area contributed by atoms with Crippen molar-refractivity contribution in [3.8, 4) is 5.69 Å². The van der Waals surface area contributed by atoms with Crippen molar-refractivity contribution in [3.05, 3.63) is 66.0 Å². The van der Waals surface area contributed by atoms with Crippen LogP contribution in [0.4, 0.5) is 10.3 Å². The summed E-state index contributed by atoms with van der Waals surface area (Å²) >= 11 is 1.35. The smallest absolute Gasteiger partial charge is 0.233 e. The van der Waals surface area contributed by atoms with Crippen LogP contribution in [0.25, 0.3) is 5.69 Å². The van der Waals surface area contributed by atoms with E-state index in [0.29, 0.717) is 55.6 Å². The molecule has 0 radical (unpaired) electrons. The number of thioether (sulfide) groups is 1. The molecule has 3 aromatic rings. The Hall–Kier alpha value is -2.91. The minimum atomic E-state index is -0.330. The summed E-state index contributed by atoms with van der Waals surface area (Å²) in [5.74, 6) is 1.18. The van der Waals surface area contributed by atoms with E-state index in [1.54, 1.807) is 6.07 Å². The van der Waals surface area contributed by atoms with Gasteiger partial charge < -0.3 is 14.5 Å². The molecule has 1 unspecified atom stereocenters. The van der Waals surface area contributed by atoms with E-state index in [1.165, 1.54) is 36.7 Å². The highest BCUT2D eigenvalue weighted by molar-refractivity contribution is 7.99. The van der Waals surface area contributed by atoms with Crippen LogP contribution in [0.1, 0.15) is 25.3 Å². The van der Waals surface area contributed by atoms with Gasteiger partial charge in [0.2, 0.25) is 11.9 Å². The first-order valence-corrected chi connectivity index (χ1v) is 13.1. The van der Waals surface area contributed by atoms with E-state index in [0.717, 1.165) is 5.56 Å². The van der Waals surface area contributed by atoms with Crippen LogP contribution < -0.4 is 4.90 Å². The molecule has 1 aliphatic heterocycles. The molecule has 184 valence electrons. The van der Waals surface area contributed by atoms with Crippen molar-refractivity contribution in [3.63, 3.8) is 0 Å². The molecule has 5 rings (SSSR count). The lowest BCUT2D eigenvalue weighted by Crippen LogP contribution is -2.40. The van der Waals surface area contributed by atoms with Gasteiger partial charge in [0.1, 0.15) is 5.82 Å². The molecule has 2 aliphatic rings. The average molecular weight is 496 g/mol. The lowest BCUT2D eigenvalue weighted by atomic mass is 10.1. The molecule has 0 spiro atoms. The van der Waals surface area contributed by atoms with E-state index in [2.05, 4.69) is 34.2 Å². The van der Waals surface area contributed by atoms with E-state index < -0.39 is 0 Å². The van der Waals surface area contributed by atoms with Gasteiger partial charge in [-0.05, 0) is 49.4 Å². The van der Waals surface area contributed by atoms with Crippen molar-refractivity contribution >= 4 is 23.6 Å². The third-order valence-electron chi connectivity index (χ3n) is 6.61. The van der Waals surface area contributed by atoms with Gasteiger partial charge in [-0.3, -0.25) is 9.36 Å². The van der Waals surface area contributed by atoms with Gasteiger partial charge in [-0.2, -0.15) is 0 Å². The topological polar surface area (TPSA) is 63.5 Å². The molecule has 9 heteroatoms. The monoisotopic (exact) mass is 495 g/mol. The van der Waals surface area contributed by atoms with Crippen molar-refractivity contribution in [2.45, 2.75) is 37.5 Å². The zero-order valence-corrected chi connectivity index (χ0v) is 20.7. The van der Waals surface area contributed by atoms with Crippen LogP contribution in [0, 0.1) is 11.7 Å². The second-order valence-electron chi connectivity index (χ2n) is 9.07. The van der Waals surface area contributed by atoms with Crippen LogP contribution in [-0.4, -0.2) is 63.7 Å². The fraction of sp³-hybridized carbons (Fsp3) is 0.423. The number of morpholine rings is 1. The predicted octanol–water partition coefficient (Wildman–Crippen LogP) is 4.16. The Morgan fingerprint density at radius 2 is 1.91 bits per heavy atom. The summed E-state index contributed by atoms with van der Waals surface area (Å²) in [4.78, 5) is 17.5. The number of ether oxygens (including phenoxy) is 1. The number of aromatic nitrogens is 3. The minimum Gasteiger partial charge on any atom is -0.378 e. The number of carbonyl (C=O) groups is 1. The summed E-state index contributed by atoms with van der Waals surface area (Å²) < 4.78 is 21.4. The highest BCUT2D eigenvalue weighted by Gasteiger charge is 2.34. The van der Waals surface area contributed by atoms with E-state index in [4.69, 9.17) is 4.74 Å². The maximum absolute atomic E-state index is 14.1. The Labute approximate surface area is 209 Å². The molecule has 1 saturated carbocycles. The third-order valence-corrected chi connectivity index (χ3v) is 7.53. The molecule has 7 nitrogen and oxygen atoms in total. The van der Waals surface area contributed by atoms with Crippen LogP contribution in [0.3, 0.4) is 0 Å². The zero-order chi connectivity index (χ0) is 24.2. The summed E-state index contributed by atoms with van der Waals surface area (Å²) in [5, 5.41) is 9.40. The molecule has 35 heavy (non-hydrogen) atoms. The fourth-order valence-electron chi connectivity index (χ4n) is 4.45. The van der Waals surface area contributed by atoms with Crippen LogP contribution in [0.2, 0.25) is 0 Å². The van der Waals surface area contributed by atoms with Gasteiger partial charge in [0.25, 0.3) is 0 Å². The van der Waals surface area contributed by atoms with Gasteiger partial charge in [0, 0.05) is 25.7 Å². The van der Waals surface area contributed by atoms with Crippen molar-refractivity contribution < 1.29 is 13.9 Å². The number of nitrogens with zero attached hydrogens (tertiary/aromatic N) is 5. The first-order valence-electron chi connectivity index (χ1n) is 12.1. The van der Waals surface area contributed by atoms with Crippen LogP contribution >= 0.6 is 11.8 Å². The number of rotatable bonds is 9. The Balaban J connectivity index is 1.37. The van der Waals surface area contributed by atoms with Gasteiger partial charge in [-0.1, -0.05) is 48.2 Å². The highest BCUT2D eigenvalue weighted by Crippen LogP contribution is 2.36. The first-order chi connectivity index (χ1) is 17.1. The Morgan fingerprint density at radius 3 is 2.63 bits per heavy atom. The SMILES string of the molecule is CC(C1CC1)N(Cc1ccccc1)C(=O)CSc1nnc(N2CCOCC2)n1-c1cccc(F)c1. The van der Waals surface area contributed by atoms with Gasteiger partial charge in [-0.15, -0.1) is 10.2 Å². The van der Waals surface area contributed by atoms with Gasteiger partial charge in [0.15, 0.2) is 5.16 Å². The number of hydrogen-bond donors (Lipinski definition) is 0.